The van der Waals surface area contributed by atoms with Crippen molar-refractivity contribution in [3.8, 4) is 5.75 Å². The Morgan fingerprint density at radius 3 is 2.34 bits per heavy atom. The molecule has 0 unspecified atom stereocenters. The Balaban J connectivity index is 0.00000675. The SMILES string of the molecule is CCCCCCCCCCOc1ccc(CCN(C)CC[C@@]2(OC(=O)COC)CCc3cc(F)ccc3[C@@H]2C(C)C)cc1.Cl. The number of unbranched alkanes of at least 4 members (excludes halogenated alkanes) is 7. The summed E-state index contributed by atoms with van der Waals surface area (Å²) in [6.07, 6.45) is 13.4. The zero-order valence-corrected chi connectivity index (χ0v) is 28.7. The molecule has 0 bridgehead atoms. The monoisotopic (exact) mass is 633 g/mol. The highest BCUT2D eigenvalue weighted by Crippen LogP contribution is 2.48. The van der Waals surface area contributed by atoms with E-state index in [4.69, 9.17) is 14.2 Å². The van der Waals surface area contributed by atoms with E-state index in [1.54, 1.807) is 6.07 Å². The number of hydrogen-bond acceptors (Lipinski definition) is 5. The maximum atomic E-state index is 14.0. The van der Waals surface area contributed by atoms with Crippen LogP contribution < -0.4 is 4.74 Å². The molecule has 0 saturated carbocycles. The molecule has 0 heterocycles. The van der Waals surface area contributed by atoms with Gasteiger partial charge in [0.1, 0.15) is 23.8 Å². The maximum absolute atomic E-state index is 14.0. The number of ether oxygens (including phenoxy) is 3. The molecule has 0 saturated heterocycles. The van der Waals surface area contributed by atoms with Crippen LogP contribution in [0.2, 0.25) is 0 Å². The molecule has 2 atom stereocenters. The quantitative estimate of drug-likeness (QED) is 0.108. The van der Waals surface area contributed by atoms with E-state index in [1.807, 2.05) is 6.07 Å². The molecule has 248 valence electrons. The number of carbonyl (C=O) groups is 1. The molecule has 0 fully saturated rings. The normalized spacial score (nSPS) is 17.8. The van der Waals surface area contributed by atoms with E-state index in [-0.39, 0.29) is 42.6 Å². The van der Waals surface area contributed by atoms with Crippen LogP contribution in [-0.2, 0) is 27.1 Å². The van der Waals surface area contributed by atoms with Gasteiger partial charge in [0, 0.05) is 32.5 Å². The molecule has 2 aromatic rings. The van der Waals surface area contributed by atoms with E-state index in [2.05, 4.69) is 57.0 Å². The number of carbonyl (C=O) groups excluding carboxylic acids is 1. The average molecular weight is 634 g/mol. The fourth-order valence-corrected chi connectivity index (χ4v) is 6.66. The zero-order chi connectivity index (χ0) is 31.1. The Kier molecular flexibility index (Phi) is 17.4. The van der Waals surface area contributed by atoms with Gasteiger partial charge in [-0.2, -0.15) is 0 Å². The summed E-state index contributed by atoms with van der Waals surface area (Å²) in [7, 11) is 3.64. The number of methoxy groups -OCH3 is 1. The summed E-state index contributed by atoms with van der Waals surface area (Å²) >= 11 is 0. The Morgan fingerprint density at radius 1 is 1.00 bits per heavy atom. The predicted octanol–water partition coefficient (Wildman–Crippen LogP) is 8.95. The van der Waals surface area contributed by atoms with Crippen LogP contribution in [0.5, 0.6) is 5.75 Å². The van der Waals surface area contributed by atoms with Crippen LogP contribution in [0.3, 0.4) is 0 Å². The van der Waals surface area contributed by atoms with Crippen LogP contribution in [-0.4, -0.2) is 56.9 Å². The van der Waals surface area contributed by atoms with Crippen LogP contribution in [0, 0.1) is 11.7 Å². The molecule has 44 heavy (non-hydrogen) atoms. The summed E-state index contributed by atoms with van der Waals surface area (Å²) in [5, 5.41) is 0. The summed E-state index contributed by atoms with van der Waals surface area (Å²) in [4.78, 5) is 15.1. The number of esters is 1. The number of fused-ring (bicyclic) bond motifs is 1. The predicted molar refractivity (Wildman–Crippen MR) is 181 cm³/mol. The number of hydrogen-bond donors (Lipinski definition) is 0. The summed E-state index contributed by atoms with van der Waals surface area (Å²) in [6.45, 7) is 8.98. The van der Waals surface area contributed by atoms with Gasteiger partial charge in [0.05, 0.1) is 6.61 Å². The molecular weight excluding hydrogens is 577 g/mol. The lowest BCUT2D eigenvalue weighted by Gasteiger charge is -2.47. The summed E-state index contributed by atoms with van der Waals surface area (Å²) in [6, 6.07) is 13.6. The first-order valence-electron chi connectivity index (χ1n) is 16.7. The molecule has 0 amide bonds. The van der Waals surface area contributed by atoms with Crippen LogP contribution in [0.4, 0.5) is 4.39 Å². The van der Waals surface area contributed by atoms with Crippen molar-refractivity contribution in [3.63, 3.8) is 0 Å². The largest absolute Gasteiger partial charge is 0.494 e. The number of nitrogens with zero attached hydrogens (tertiary/aromatic N) is 1. The van der Waals surface area contributed by atoms with Gasteiger partial charge in [0.2, 0.25) is 0 Å². The van der Waals surface area contributed by atoms with Crippen LogP contribution in [0.15, 0.2) is 42.5 Å². The Morgan fingerprint density at radius 2 is 1.68 bits per heavy atom. The molecule has 7 heteroatoms. The molecule has 5 nitrogen and oxygen atoms in total. The minimum atomic E-state index is -0.656. The van der Waals surface area contributed by atoms with Crippen molar-refractivity contribution in [1.29, 1.82) is 0 Å². The highest BCUT2D eigenvalue weighted by Gasteiger charge is 2.47. The molecule has 0 radical (unpaired) electrons. The first-order valence-corrected chi connectivity index (χ1v) is 16.7. The van der Waals surface area contributed by atoms with Crippen molar-refractivity contribution in [2.24, 2.45) is 5.92 Å². The first kappa shape index (κ1) is 38.0. The van der Waals surface area contributed by atoms with Crippen LogP contribution in [0.25, 0.3) is 0 Å². The second-order valence-electron chi connectivity index (χ2n) is 12.8. The molecular formula is C37H57ClFNO4. The van der Waals surface area contributed by atoms with E-state index in [1.165, 1.54) is 63.7 Å². The van der Waals surface area contributed by atoms with Crippen molar-refractivity contribution in [2.45, 2.75) is 109 Å². The second kappa shape index (κ2) is 20.1. The number of rotatable bonds is 20. The summed E-state index contributed by atoms with van der Waals surface area (Å²) in [5.41, 5.74) is 2.74. The molecule has 2 aromatic carbocycles. The van der Waals surface area contributed by atoms with E-state index in [0.717, 1.165) is 49.4 Å². The summed E-state index contributed by atoms with van der Waals surface area (Å²) < 4.78 is 31.4. The lowest BCUT2D eigenvalue weighted by molar-refractivity contribution is -0.172. The summed E-state index contributed by atoms with van der Waals surface area (Å²) in [5.74, 6) is 0.599. The molecule has 1 aliphatic rings. The van der Waals surface area contributed by atoms with Crippen molar-refractivity contribution >= 4 is 18.4 Å². The smallest absolute Gasteiger partial charge is 0.332 e. The minimum Gasteiger partial charge on any atom is -0.494 e. The highest BCUT2D eigenvalue weighted by molar-refractivity contribution is 5.85. The fraction of sp³-hybridized carbons (Fsp3) is 0.649. The van der Waals surface area contributed by atoms with Crippen molar-refractivity contribution in [3.05, 3.63) is 65.0 Å². The van der Waals surface area contributed by atoms with Crippen LogP contribution >= 0.6 is 12.4 Å². The van der Waals surface area contributed by atoms with Gasteiger partial charge < -0.3 is 19.1 Å². The number of benzene rings is 2. The second-order valence-corrected chi connectivity index (χ2v) is 12.8. The van der Waals surface area contributed by atoms with Gasteiger partial charge in [-0.25, -0.2) is 9.18 Å². The van der Waals surface area contributed by atoms with E-state index in [0.29, 0.717) is 19.3 Å². The first-order chi connectivity index (χ1) is 20.8. The van der Waals surface area contributed by atoms with Crippen molar-refractivity contribution < 1.29 is 23.4 Å². The molecule has 0 aromatic heterocycles. The van der Waals surface area contributed by atoms with Gasteiger partial charge in [-0.15, -0.1) is 12.4 Å². The Hall–Kier alpha value is -2.15. The highest BCUT2D eigenvalue weighted by atomic mass is 35.5. The van der Waals surface area contributed by atoms with Gasteiger partial charge in [0.15, 0.2) is 0 Å². The standard InChI is InChI=1S/C37H56FNO4.ClH/c1-6-7-8-9-10-11-12-13-26-42-33-17-14-30(15-18-33)21-24-39(4)25-23-37(43-35(40)28-41-5)22-20-31-27-32(38)16-19-34(31)36(37)29(2)3;/h14-19,27,29,36H,6-13,20-26,28H2,1-5H3;1H/t36-,37-;/m0./s1. The number of likely N-dealkylation sites (N-methyl/N-ethyl adjacent to an activating group) is 1. The third-order valence-electron chi connectivity index (χ3n) is 8.96. The van der Waals surface area contributed by atoms with Gasteiger partial charge in [0.25, 0.3) is 0 Å². The third kappa shape index (κ3) is 12.0. The van der Waals surface area contributed by atoms with Gasteiger partial charge >= 0.3 is 5.97 Å². The average Bonchev–Trinajstić information content (AvgIpc) is 2.98. The topological polar surface area (TPSA) is 48.0 Å². The van der Waals surface area contributed by atoms with Gasteiger partial charge in [-0.3, -0.25) is 0 Å². The molecule has 3 rings (SSSR count). The van der Waals surface area contributed by atoms with Crippen molar-refractivity contribution in [2.75, 3.05) is 40.5 Å². The van der Waals surface area contributed by atoms with Crippen LogP contribution in [0.1, 0.15) is 108 Å². The third-order valence-corrected chi connectivity index (χ3v) is 8.96. The number of aryl methyl sites for hydroxylation is 1. The maximum Gasteiger partial charge on any atom is 0.332 e. The number of halogens is 2. The molecule has 0 spiro atoms. The van der Waals surface area contributed by atoms with Gasteiger partial charge in [-0.05, 0) is 79.6 Å². The van der Waals surface area contributed by atoms with E-state index >= 15 is 0 Å². The molecule has 0 aliphatic heterocycles. The van der Waals surface area contributed by atoms with Crippen molar-refractivity contribution in [1.82, 2.24) is 4.90 Å². The minimum absolute atomic E-state index is 0. The lowest BCUT2D eigenvalue weighted by Crippen LogP contribution is -2.49. The van der Waals surface area contributed by atoms with E-state index < -0.39 is 5.60 Å². The fourth-order valence-electron chi connectivity index (χ4n) is 6.66. The Bertz CT molecular complexity index is 1100. The molecule has 1 aliphatic carbocycles. The zero-order valence-electron chi connectivity index (χ0n) is 27.9. The molecule has 0 N–H and O–H groups in total. The lowest BCUT2D eigenvalue weighted by atomic mass is 9.65. The van der Waals surface area contributed by atoms with Gasteiger partial charge in [-0.1, -0.05) is 83.9 Å². The van der Waals surface area contributed by atoms with E-state index in [9.17, 15) is 9.18 Å². The Labute approximate surface area is 272 Å².